The Morgan fingerprint density at radius 2 is 2.14 bits per heavy atom. The molecule has 5 nitrogen and oxygen atoms in total. The zero-order valence-electron chi connectivity index (χ0n) is 11.7. The van der Waals surface area contributed by atoms with E-state index < -0.39 is 11.9 Å². The Morgan fingerprint density at radius 3 is 2.77 bits per heavy atom. The molecular formula is C16H11FN4O. The molecule has 0 atom stereocenters. The van der Waals surface area contributed by atoms with Gasteiger partial charge in [0.25, 0.3) is 5.91 Å². The van der Waals surface area contributed by atoms with Crippen molar-refractivity contribution in [3.05, 3.63) is 53.7 Å². The molecule has 0 aliphatic rings. The maximum Gasteiger partial charge on any atom is 0.265 e. The molecular weight excluding hydrogens is 283 g/mol. The molecule has 0 fully saturated rings. The zero-order chi connectivity index (χ0) is 15.9. The normalized spacial score (nSPS) is 10.6. The molecule has 0 aliphatic carbocycles. The molecule has 1 aromatic carbocycles. The third kappa shape index (κ3) is 2.09. The number of fused-ring (bicyclic) bond motifs is 1. The first-order valence-electron chi connectivity index (χ1n) is 6.46. The minimum absolute atomic E-state index is 0.320. The number of aromatic nitrogens is 2. The highest BCUT2D eigenvalue weighted by Gasteiger charge is 2.16. The number of benzene rings is 1. The number of aryl methyl sites for hydroxylation is 1. The van der Waals surface area contributed by atoms with Crippen LogP contribution in [0, 0.1) is 17.3 Å². The summed E-state index contributed by atoms with van der Waals surface area (Å²) >= 11 is 0. The Kier molecular flexibility index (Phi) is 3.11. The lowest BCUT2D eigenvalue weighted by Gasteiger charge is -2.08. The van der Waals surface area contributed by atoms with Gasteiger partial charge in [0.1, 0.15) is 5.69 Å². The first kappa shape index (κ1) is 13.8. The molecule has 2 N–H and O–H groups in total. The fraction of sp³-hybridized carbons (Fsp3) is 0.0625. The summed E-state index contributed by atoms with van der Waals surface area (Å²) in [6, 6.07) is 9.95. The molecule has 0 saturated carbocycles. The van der Waals surface area contributed by atoms with Crippen LogP contribution in [0.1, 0.15) is 16.1 Å². The molecule has 2 aromatic heterocycles. The summed E-state index contributed by atoms with van der Waals surface area (Å²) in [6.07, 6.45) is 1.35. The van der Waals surface area contributed by atoms with E-state index in [1.165, 1.54) is 12.3 Å². The Labute approximate surface area is 125 Å². The molecule has 1 amide bonds. The second kappa shape index (κ2) is 4.97. The van der Waals surface area contributed by atoms with Gasteiger partial charge in [0.15, 0.2) is 0 Å². The van der Waals surface area contributed by atoms with E-state index in [1.54, 1.807) is 35.9 Å². The lowest BCUT2D eigenvalue weighted by Crippen LogP contribution is -2.15. The molecule has 0 spiro atoms. The van der Waals surface area contributed by atoms with Crippen molar-refractivity contribution < 1.29 is 9.18 Å². The molecule has 0 unspecified atom stereocenters. The molecule has 0 bridgehead atoms. The largest absolute Gasteiger partial charge is 0.364 e. The molecule has 22 heavy (non-hydrogen) atoms. The van der Waals surface area contributed by atoms with E-state index in [0.717, 1.165) is 0 Å². The standard InChI is InChI=1S/C16H11FN4O/c1-21-13(16(19)22)6-11-4-9(8-18)5-12(15(11)21)10-2-3-20-14(17)7-10/h2-7H,1H3,(H2,19,22). The molecule has 2 heterocycles. The summed E-state index contributed by atoms with van der Waals surface area (Å²) in [5.41, 5.74) is 8.03. The van der Waals surface area contributed by atoms with Crippen LogP contribution in [0.2, 0.25) is 0 Å². The lowest BCUT2D eigenvalue weighted by atomic mass is 10.0. The van der Waals surface area contributed by atoms with Crippen LogP contribution in [-0.4, -0.2) is 15.5 Å². The number of carbonyl (C=O) groups is 1. The van der Waals surface area contributed by atoms with Gasteiger partial charge in [-0.05, 0) is 29.8 Å². The fourth-order valence-corrected chi connectivity index (χ4v) is 2.60. The van der Waals surface area contributed by atoms with E-state index in [2.05, 4.69) is 11.1 Å². The van der Waals surface area contributed by atoms with Crippen LogP contribution in [0.25, 0.3) is 22.0 Å². The van der Waals surface area contributed by atoms with Crippen LogP contribution >= 0.6 is 0 Å². The first-order chi connectivity index (χ1) is 10.5. The number of primary amides is 1. The number of amides is 1. The van der Waals surface area contributed by atoms with Crippen LogP contribution in [0.15, 0.2) is 36.5 Å². The van der Waals surface area contributed by atoms with Crippen molar-refractivity contribution in [2.45, 2.75) is 0 Å². The van der Waals surface area contributed by atoms with Gasteiger partial charge in [0.2, 0.25) is 5.95 Å². The Bertz CT molecular complexity index is 953. The van der Waals surface area contributed by atoms with Crippen LogP contribution < -0.4 is 5.73 Å². The van der Waals surface area contributed by atoms with Crippen molar-refractivity contribution >= 4 is 16.8 Å². The minimum Gasteiger partial charge on any atom is -0.364 e. The number of pyridine rings is 1. The van der Waals surface area contributed by atoms with Crippen molar-refractivity contribution in [3.8, 4) is 17.2 Å². The SMILES string of the molecule is Cn1c(C(N)=O)cc2cc(C#N)cc(-c3ccnc(F)c3)c21. The summed E-state index contributed by atoms with van der Waals surface area (Å²) < 4.78 is 15.1. The number of nitriles is 1. The molecule has 0 aliphatic heterocycles. The monoisotopic (exact) mass is 294 g/mol. The topological polar surface area (TPSA) is 84.7 Å². The molecule has 3 rings (SSSR count). The van der Waals surface area contributed by atoms with E-state index in [-0.39, 0.29) is 0 Å². The summed E-state index contributed by atoms with van der Waals surface area (Å²) in [6.45, 7) is 0. The summed E-state index contributed by atoms with van der Waals surface area (Å²) in [7, 11) is 1.70. The van der Waals surface area contributed by atoms with Gasteiger partial charge in [-0.3, -0.25) is 4.79 Å². The summed E-state index contributed by atoms with van der Waals surface area (Å²) in [4.78, 5) is 15.0. The molecule has 108 valence electrons. The fourth-order valence-electron chi connectivity index (χ4n) is 2.60. The Balaban J connectivity index is 2.42. The van der Waals surface area contributed by atoms with Crippen LogP contribution in [-0.2, 0) is 7.05 Å². The van der Waals surface area contributed by atoms with Gasteiger partial charge >= 0.3 is 0 Å². The second-order valence-electron chi connectivity index (χ2n) is 4.89. The van der Waals surface area contributed by atoms with E-state index in [4.69, 9.17) is 5.73 Å². The maximum atomic E-state index is 13.4. The number of carbonyl (C=O) groups excluding carboxylic acids is 1. The number of rotatable bonds is 2. The van der Waals surface area contributed by atoms with Crippen molar-refractivity contribution in [1.82, 2.24) is 9.55 Å². The van der Waals surface area contributed by atoms with Crippen LogP contribution in [0.3, 0.4) is 0 Å². The highest BCUT2D eigenvalue weighted by molar-refractivity contribution is 6.03. The highest BCUT2D eigenvalue weighted by Crippen LogP contribution is 2.32. The van der Waals surface area contributed by atoms with Crippen molar-refractivity contribution in [2.75, 3.05) is 0 Å². The zero-order valence-corrected chi connectivity index (χ0v) is 11.7. The van der Waals surface area contributed by atoms with Gasteiger partial charge in [-0.1, -0.05) is 0 Å². The van der Waals surface area contributed by atoms with Crippen molar-refractivity contribution in [3.63, 3.8) is 0 Å². The lowest BCUT2D eigenvalue weighted by molar-refractivity contribution is 0.0993. The minimum atomic E-state index is -0.614. The summed E-state index contributed by atoms with van der Waals surface area (Å²) in [5.74, 6) is -1.18. The van der Waals surface area contributed by atoms with Gasteiger partial charge in [-0.2, -0.15) is 9.65 Å². The number of halogens is 1. The molecule has 0 radical (unpaired) electrons. The third-order valence-corrected chi connectivity index (χ3v) is 3.55. The van der Waals surface area contributed by atoms with E-state index >= 15 is 0 Å². The van der Waals surface area contributed by atoms with Gasteiger partial charge in [0.05, 0.1) is 17.1 Å². The number of hydrogen-bond donors (Lipinski definition) is 1. The average Bonchev–Trinajstić information content (AvgIpc) is 2.83. The predicted octanol–water partition coefficient (Wildman–Crippen LogP) is 2.35. The van der Waals surface area contributed by atoms with Crippen LogP contribution in [0.4, 0.5) is 4.39 Å². The predicted molar refractivity (Wildman–Crippen MR) is 79.3 cm³/mol. The highest BCUT2D eigenvalue weighted by atomic mass is 19.1. The first-order valence-corrected chi connectivity index (χ1v) is 6.46. The maximum absolute atomic E-state index is 13.4. The Hall–Kier alpha value is -3.20. The van der Waals surface area contributed by atoms with Crippen LogP contribution in [0.5, 0.6) is 0 Å². The third-order valence-electron chi connectivity index (χ3n) is 3.55. The average molecular weight is 294 g/mol. The van der Waals surface area contributed by atoms with E-state index in [0.29, 0.717) is 33.3 Å². The van der Waals surface area contributed by atoms with Crippen molar-refractivity contribution in [2.24, 2.45) is 12.8 Å². The van der Waals surface area contributed by atoms with E-state index in [9.17, 15) is 14.4 Å². The summed E-state index contributed by atoms with van der Waals surface area (Å²) in [5, 5.41) is 9.87. The smallest absolute Gasteiger partial charge is 0.265 e. The molecule has 0 saturated heterocycles. The second-order valence-corrected chi connectivity index (χ2v) is 4.89. The molecule has 3 aromatic rings. The van der Waals surface area contributed by atoms with Gasteiger partial charge in [0, 0.05) is 30.3 Å². The van der Waals surface area contributed by atoms with Gasteiger partial charge in [-0.15, -0.1) is 0 Å². The Morgan fingerprint density at radius 1 is 1.36 bits per heavy atom. The van der Waals surface area contributed by atoms with E-state index in [1.807, 2.05) is 0 Å². The van der Waals surface area contributed by atoms with Gasteiger partial charge < -0.3 is 10.3 Å². The molecule has 6 heteroatoms. The van der Waals surface area contributed by atoms with Gasteiger partial charge in [-0.25, -0.2) is 4.98 Å². The number of nitrogens with zero attached hydrogens (tertiary/aromatic N) is 3. The number of hydrogen-bond acceptors (Lipinski definition) is 3. The van der Waals surface area contributed by atoms with Crippen molar-refractivity contribution in [1.29, 1.82) is 5.26 Å². The number of nitrogens with two attached hydrogens (primary N) is 1. The quantitative estimate of drug-likeness (QED) is 0.736.